The maximum Gasteiger partial charge on any atom is 0.0606 e. The van der Waals surface area contributed by atoms with Gasteiger partial charge < -0.3 is 0 Å². The Morgan fingerprint density at radius 1 is 1.11 bits per heavy atom. The Hall–Kier alpha value is 0.0200. The maximum atomic E-state index is 5.62. The summed E-state index contributed by atoms with van der Waals surface area (Å²) >= 11 is 16.0. The first-order valence-electron chi connectivity index (χ1n) is 2.32. The van der Waals surface area contributed by atoms with E-state index in [-0.39, 0.29) is 0 Å². The lowest BCUT2D eigenvalue weighted by Crippen LogP contribution is -1.67. The average molecular weight is 178 g/mol. The van der Waals surface area contributed by atoms with Crippen molar-refractivity contribution in [3.05, 3.63) is 28.2 Å². The van der Waals surface area contributed by atoms with Crippen LogP contribution in [0.5, 0.6) is 0 Å². The molecule has 0 aliphatic heterocycles. The zero-order valence-corrected chi connectivity index (χ0v) is 6.72. The highest BCUT2D eigenvalue weighted by atomic mass is 35.5. The molecule has 0 spiro atoms. The Labute approximate surface area is 69.2 Å². The van der Waals surface area contributed by atoms with Crippen molar-refractivity contribution in [2.75, 3.05) is 0 Å². The van der Waals surface area contributed by atoms with Gasteiger partial charge in [0.1, 0.15) is 0 Å². The van der Waals surface area contributed by atoms with Crippen LogP contribution in [-0.4, -0.2) is 0 Å². The molecular formula is C6H3Cl2S. The zero-order chi connectivity index (χ0) is 6.85. The molecule has 0 nitrogen and oxygen atoms in total. The van der Waals surface area contributed by atoms with Gasteiger partial charge in [-0.25, -0.2) is 0 Å². The van der Waals surface area contributed by atoms with Crippen LogP contribution in [0.3, 0.4) is 0 Å². The molecule has 0 N–H and O–H groups in total. The third-order valence-corrected chi connectivity index (χ3v) is 1.88. The first-order valence-corrected chi connectivity index (χ1v) is 3.48. The van der Waals surface area contributed by atoms with Gasteiger partial charge in [0, 0.05) is 4.90 Å². The molecule has 0 fully saturated rings. The fourth-order valence-corrected chi connectivity index (χ4v) is 1.03. The lowest BCUT2D eigenvalue weighted by atomic mass is 10.4. The summed E-state index contributed by atoms with van der Waals surface area (Å²) in [6.07, 6.45) is 0. The third-order valence-electron chi connectivity index (χ3n) is 0.891. The minimum absolute atomic E-state index is 0.518. The quantitative estimate of drug-likeness (QED) is 0.569. The highest BCUT2D eigenvalue weighted by molar-refractivity contribution is 7.80. The Morgan fingerprint density at radius 2 is 1.78 bits per heavy atom. The normalized spacial score (nSPS) is 9.56. The van der Waals surface area contributed by atoms with E-state index in [1.165, 1.54) is 0 Å². The van der Waals surface area contributed by atoms with Crippen LogP contribution in [0.1, 0.15) is 0 Å². The molecule has 9 heavy (non-hydrogen) atoms. The zero-order valence-electron chi connectivity index (χ0n) is 4.40. The van der Waals surface area contributed by atoms with E-state index in [1.807, 2.05) is 0 Å². The van der Waals surface area contributed by atoms with Crippen molar-refractivity contribution in [1.29, 1.82) is 0 Å². The van der Waals surface area contributed by atoms with Crippen molar-refractivity contribution >= 4 is 35.8 Å². The lowest BCUT2D eigenvalue weighted by Gasteiger charge is -1.92. The minimum Gasteiger partial charge on any atom is -0.0827 e. The minimum atomic E-state index is 0.518. The topological polar surface area (TPSA) is 0 Å². The van der Waals surface area contributed by atoms with Crippen LogP contribution < -0.4 is 0 Å². The first-order chi connectivity index (χ1) is 4.20. The molecule has 1 rings (SSSR count). The van der Waals surface area contributed by atoms with Gasteiger partial charge in [-0.1, -0.05) is 35.8 Å². The summed E-state index contributed by atoms with van der Waals surface area (Å²) in [7, 11) is 0. The highest BCUT2D eigenvalue weighted by Gasteiger charge is 1.94. The standard InChI is InChI=1S/C6H3Cl2S/c7-5-2-1-4(9)3-6(5)8/h1-3H. The molecule has 0 amide bonds. The predicted octanol–water partition coefficient (Wildman–Crippen LogP) is 3.55. The van der Waals surface area contributed by atoms with Crippen molar-refractivity contribution in [2.24, 2.45) is 0 Å². The summed E-state index contributed by atoms with van der Waals surface area (Å²) in [5, 5.41) is 1.06. The van der Waals surface area contributed by atoms with Crippen LogP contribution in [0, 0.1) is 0 Å². The van der Waals surface area contributed by atoms with Gasteiger partial charge in [0.2, 0.25) is 0 Å². The molecule has 1 aromatic rings. The molecule has 1 aromatic carbocycles. The van der Waals surface area contributed by atoms with Crippen LogP contribution in [0.25, 0.3) is 0 Å². The van der Waals surface area contributed by atoms with Gasteiger partial charge >= 0.3 is 0 Å². The second-order valence-corrected chi connectivity index (χ2v) is 2.86. The van der Waals surface area contributed by atoms with Crippen LogP contribution in [0.2, 0.25) is 10.0 Å². The summed E-state index contributed by atoms with van der Waals surface area (Å²) in [6, 6.07) is 5.08. The molecule has 0 bridgehead atoms. The average Bonchev–Trinajstić information content (AvgIpc) is 1.80. The van der Waals surface area contributed by atoms with Crippen LogP contribution in [0.15, 0.2) is 23.1 Å². The molecule has 0 aromatic heterocycles. The SMILES string of the molecule is [S]c1ccc(Cl)c(Cl)c1. The van der Waals surface area contributed by atoms with Gasteiger partial charge in [0.05, 0.1) is 10.0 Å². The number of hydrogen-bond donors (Lipinski definition) is 0. The van der Waals surface area contributed by atoms with Crippen molar-refractivity contribution < 1.29 is 0 Å². The number of hydrogen-bond acceptors (Lipinski definition) is 0. The largest absolute Gasteiger partial charge is 0.0827 e. The van der Waals surface area contributed by atoms with Gasteiger partial charge in [-0.3, -0.25) is 0 Å². The van der Waals surface area contributed by atoms with Crippen LogP contribution in [0.4, 0.5) is 0 Å². The molecule has 0 aliphatic rings. The van der Waals surface area contributed by atoms with E-state index in [4.69, 9.17) is 35.8 Å². The second kappa shape index (κ2) is 2.74. The van der Waals surface area contributed by atoms with E-state index in [9.17, 15) is 0 Å². The molecule has 1 radical (unpaired) electrons. The third kappa shape index (κ3) is 1.71. The van der Waals surface area contributed by atoms with E-state index >= 15 is 0 Å². The number of halogens is 2. The summed E-state index contributed by atoms with van der Waals surface area (Å²) < 4.78 is 0. The molecule has 0 atom stereocenters. The van der Waals surface area contributed by atoms with Gasteiger partial charge in [0.25, 0.3) is 0 Å². The van der Waals surface area contributed by atoms with Crippen molar-refractivity contribution in [3.63, 3.8) is 0 Å². The number of benzene rings is 1. The fraction of sp³-hybridized carbons (Fsp3) is 0. The van der Waals surface area contributed by atoms with E-state index in [0.29, 0.717) is 14.9 Å². The maximum absolute atomic E-state index is 5.62. The van der Waals surface area contributed by atoms with Crippen LogP contribution >= 0.6 is 35.8 Å². The Morgan fingerprint density at radius 3 is 2.22 bits per heavy atom. The summed E-state index contributed by atoms with van der Waals surface area (Å²) in [5.41, 5.74) is 0. The molecule has 47 valence electrons. The van der Waals surface area contributed by atoms with E-state index in [0.717, 1.165) is 0 Å². The molecule has 3 heteroatoms. The van der Waals surface area contributed by atoms with Crippen LogP contribution in [-0.2, 0) is 0 Å². The van der Waals surface area contributed by atoms with Gasteiger partial charge in [-0.2, -0.15) is 0 Å². The lowest BCUT2D eigenvalue weighted by molar-refractivity contribution is 1.48. The molecule has 0 unspecified atom stereocenters. The first kappa shape index (κ1) is 7.13. The van der Waals surface area contributed by atoms with Gasteiger partial charge in [-0.05, 0) is 18.2 Å². The monoisotopic (exact) mass is 177 g/mol. The highest BCUT2D eigenvalue weighted by Crippen LogP contribution is 2.23. The summed E-state index contributed by atoms with van der Waals surface area (Å²) in [4.78, 5) is 0.712. The van der Waals surface area contributed by atoms with E-state index in [1.54, 1.807) is 18.2 Å². The smallest absolute Gasteiger partial charge is 0.0606 e. The fourth-order valence-electron chi connectivity index (χ4n) is 0.477. The second-order valence-electron chi connectivity index (χ2n) is 1.58. The molecule has 0 heterocycles. The van der Waals surface area contributed by atoms with Gasteiger partial charge in [-0.15, -0.1) is 0 Å². The van der Waals surface area contributed by atoms with Crippen molar-refractivity contribution in [2.45, 2.75) is 4.90 Å². The van der Waals surface area contributed by atoms with E-state index in [2.05, 4.69) is 0 Å². The Balaban J connectivity index is 3.17. The summed E-state index contributed by atoms with van der Waals surface area (Å²) in [6.45, 7) is 0. The number of rotatable bonds is 0. The predicted molar refractivity (Wildman–Crippen MR) is 42.3 cm³/mol. The van der Waals surface area contributed by atoms with Gasteiger partial charge in [0.15, 0.2) is 0 Å². The van der Waals surface area contributed by atoms with Crippen molar-refractivity contribution in [3.8, 4) is 0 Å². The molecular weight excluding hydrogens is 175 g/mol. The molecule has 0 saturated carbocycles. The molecule has 0 aliphatic carbocycles. The van der Waals surface area contributed by atoms with E-state index < -0.39 is 0 Å². The van der Waals surface area contributed by atoms with Crippen molar-refractivity contribution in [1.82, 2.24) is 0 Å². The Bertz CT molecular complexity index is 222. The Kier molecular flexibility index (Phi) is 2.17. The summed E-state index contributed by atoms with van der Waals surface area (Å²) in [5.74, 6) is 0. The molecule has 0 saturated heterocycles.